The summed E-state index contributed by atoms with van der Waals surface area (Å²) in [7, 11) is 0. The van der Waals surface area contributed by atoms with Crippen LogP contribution < -0.4 is 4.90 Å². The van der Waals surface area contributed by atoms with E-state index in [9.17, 15) is 5.11 Å². The van der Waals surface area contributed by atoms with Gasteiger partial charge in [-0.05, 0) is 26.2 Å². The summed E-state index contributed by atoms with van der Waals surface area (Å²) < 4.78 is 0. The summed E-state index contributed by atoms with van der Waals surface area (Å²) in [6.45, 7) is 3.58. The molecule has 0 saturated carbocycles. The topological polar surface area (TPSA) is 49.2 Å². The van der Waals surface area contributed by atoms with Crippen LogP contribution in [0, 0.1) is 0 Å². The van der Waals surface area contributed by atoms with E-state index in [1.807, 2.05) is 6.92 Å². The highest BCUT2D eigenvalue weighted by Crippen LogP contribution is 2.24. The molecule has 0 aromatic carbocycles. The number of nitrogens with zero attached hydrogens (tertiary/aromatic N) is 3. The quantitative estimate of drug-likeness (QED) is 0.816. The van der Waals surface area contributed by atoms with Crippen LogP contribution in [0.15, 0.2) is 12.4 Å². The first-order valence-corrected chi connectivity index (χ1v) is 5.89. The normalized spacial score (nSPS) is 26.6. The Morgan fingerprint density at radius 1 is 1.38 bits per heavy atom. The Kier molecular flexibility index (Phi) is 3.30. The van der Waals surface area contributed by atoms with Gasteiger partial charge in [0.1, 0.15) is 11.0 Å². The SMILES string of the molecule is CC1(O)CCCN(c2cncc(Cl)n2)CC1. The molecule has 1 aromatic rings. The largest absolute Gasteiger partial charge is 0.390 e. The van der Waals surface area contributed by atoms with Crippen LogP contribution in [0.5, 0.6) is 0 Å². The molecule has 0 radical (unpaired) electrons. The summed E-state index contributed by atoms with van der Waals surface area (Å²) in [6, 6.07) is 0. The van der Waals surface area contributed by atoms with Crippen molar-refractivity contribution in [3.63, 3.8) is 0 Å². The molecule has 1 unspecified atom stereocenters. The molecule has 1 aliphatic rings. The molecule has 1 saturated heterocycles. The van der Waals surface area contributed by atoms with E-state index in [1.54, 1.807) is 6.20 Å². The van der Waals surface area contributed by atoms with Gasteiger partial charge in [0.15, 0.2) is 0 Å². The fourth-order valence-electron chi connectivity index (χ4n) is 1.98. The van der Waals surface area contributed by atoms with Crippen molar-refractivity contribution in [2.24, 2.45) is 0 Å². The summed E-state index contributed by atoms with van der Waals surface area (Å²) >= 11 is 5.81. The third-order valence-corrected chi connectivity index (χ3v) is 3.16. The minimum absolute atomic E-state index is 0.411. The van der Waals surface area contributed by atoms with Crippen LogP contribution in [0.25, 0.3) is 0 Å². The first-order chi connectivity index (χ1) is 7.57. The molecule has 2 heterocycles. The van der Waals surface area contributed by atoms with Crippen molar-refractivity contribution in [1.82, 2.24) is 9.97 Å². The minimum atomic E-state index is -0.555. The number of aliphatic hydroxyl groups is 1. The van der Waals surface area contributed by atoms with Gasteiger partial charge in [0.05, 0.1) is 18.0 Å². The van der Waals surface area contributed by atoms with Crippen LogP contribution in [-0.2, 0) is 0 Å². The van der Waals surface area contributed by atoms with Crippen molar-refractivity contribution >= 4 is 17.4 Å². The van der Waals surface area contributed by atoms with E-state index in [-0.39, 0.29) is 0 Å². The Labute approximate surface area is 100 Å². The standard InChI is InChI=1S/C11H16ClN3O/c1-11(16)3-2-5-15(6-4-11)10-8-13-7-9(12)14-10/h7-8,16H,2-6H2,1H3. The van der Waals surface area contributed by atoms with Crippen molar-refractivity contribution in [2.75, 3.05) is 18.0 Å². The maximum atomic E-state index is 9.98. The lowest BCUT2D eigenvalue weighted by molar-refractivity contribution is 0.0481. The molecule has 5 heteroatoms. The molecule has 88 valence electrons. The lowest BCUT2D eigenvalue weighted by Crippen LogP contribution is -2.28. The van der Waals surface area contributed by atoms with E-state index in [1.165, 1.54) is 6.20 Å². The molecule has 0 bridgehead atoms. The van der Waals surface area contributed by atoms with Gasteiger partial charge in [-0.1, -0.05) is 11.6 Å². The molecule has 1 atom stereocenters. The molecule has 1 N–H and O–H groups in total. The van der Waals surface area contributed by atoms with E-state index >= 15 is 0 Å². The second kappa shape index (κ2) is 4.55. The first kappa shape index (κ1) is 11.6. The Bertz CT molecular complexity index is 370. The highest BCUT2D eigenvalue weighted by atomic mass is 35.5. The number of anilines is 1. The van der Waals surface area contributed by atoms with E-state index in [0.717, 1.165) is 38.2 Å². The maximum Gasteiger partial charge on any atom is 0.149 e. The van der Waals surface area contributed by atoms with Gasteiger partial charge in [-0.2, -0.15) is 0 Å². The Balaban J connectivity index is 2.11. The van der Waals surface area contributed by atoms with E-state index in [4.69, 9.17) is 11.6 Å². The lowest BCUT2D eigenvalue weighted by Gasteiger charge is -2.23. The average Bonchev–Trinajstić information content (AvgIpc) is 2.39. The zero-order valence-corrected chi connectivity index (χ0v) is 10.1. The van der Waals surface area contributed by atoms with Crippen LogP contribution in [0.3, 0.4) is 0 Å². The predicted octanol–water partition coefficient (Wildman–Crippen LogP) is 1.87. The molecule has 1 fully saturated rings. The molecular weight excluding hydrogens is 226 g/mol. The van der Waals surface area contributed by atoms with Gasteiger partial charge in [-0.15, -0.1) is 0 Å². The zero-order valence-electron chi connectivity index (χ0n) is 9.36. The van der Waals surface area contributed by atoms with Crippen molar-refractivity contribution in [2.45, 2.75) is 31.8 Å². The summed E-state index contributed by atoms with van der Waals surface area (Å²) in [5, 5.41) is 10.4. The van der Waals surface area contributed by atoms with Crippen LogP contribution in [0.2, 0.25) is 5.15 Å². The highest BCUT2D eigenvalue weighted by molar-refractivity contribution is 6.29. The number of rotatable bonds is 1. The zero-order chi connectivity index (χ0) is 11.6. The molecule has 0 spiro atoms. The molecule has 2 rings (SSSR count). The number of halogens is 1. The molecule has 0 aliphatic carbocycles. The Morgan fingerprint density at radius 2 is 2.19 bits per heavy atom. The molecule has 4 nitrogen and oxygen atoms in total. The fourth-order valence-corrected chi connectivity index (χ4v) is 2.12. The van der Waals surface area contributed by atoms with Gasteiger partial charge >= 0.3 is 0 Å². The summed E-state index contributed by atoms with van der Waals surface area (Å²) in [5.74, 6) is 0.796. The highest BCUT2D eigenvalue weighted by Gasteiger charge is 2.25. The molecule has 1 aliphatic heterocycles. The van der Waals surface area contributed by atoms with Crippen LogP contribution in [0.1, 0.15) is 26.2 Å². The monoisotopic (exact) mass is 241 g/mol. The van der Waals surface area contributed by atoms with Gasteiger partial charge < -0.3 is 10.0 Å². The molecular formula is C11H16ClN3O. The van der Waals surface area contributed by atoms with Crippen molar-refractivity contribution in [3.05, 3.63) is 17.5 Å². The number of hydrogen-bond acceptors (Lipinski definition) is 4. The second-order valence-electron chi connectivity index (χ2n) is 4.54. The number of aromatic nitrogens is 2. The Hall–Kier alpha value is -0.870. The van der Waals surface area contributed by atoms with Crippen LogP contribution in [0.4, 0.5) is 5.82 Å². The van der Waals surface area contributed by atoms with Gasteiger partial charge in [0, 0.05) is 13.1 Å². The summed E-state index contributed by atoms with van der Waals surface area (Å²) in [5.41, 5.74) is -0.555. The lowest BCUT2D eigenvalue weighted by atomic mass is 9.98. The first-order valence-electron chi connectivity index (χ1n) is 5.52. The Morgan fingerprint density at radius 3 is 2.94 bits per heavy atom. The molecule has 1 aromatic heterocycles. The van der Waals surface area contributed by atoms with Gasteiger partial charge in [0.25, 0.3) is 0 Å². The van der Waals surface area contributed by atoms with Crippen LogP contribution in [-0.4, -0.2) is 33.8 Å². The van der Waals surface area contributed by atoms with E-state index < -0.39 is 5.60 Å². The van der Waals surface area contributed by atoms with Crippen molar-refractivity contribution < 1.29 is 5.11 Å². The summed E-state index contributed by atoms with van der Waals surface area (Å²) in [6.07, 6.45) is 5.78. The summed E-state index contributed by atoms with van der Waals surface area (Å²) in [4.78, 5) is 10.4. The number of hydrogen-bond donors (Lipinski definition) is 1. The predicted molar refractivity (Wildman–Crippen MR) is 63.7 cm³/mol. The molecule has 0 amide bonds. The second-order valence-corrected chi connectivity index (χ2v) is 4.92. The van der Waals surface area contributed by atoms with Gasteiger partial charge in [0.2, 0.25) is 0 Å². The minimum Gasteiger partial charge on any atom is -0.390 e. The van der Waals surface area contributed by atoms with Gasteiger partial charge in [-0.3, -0.25) is 4.98 Å². The maximum absolute atomic E-state index is 9.98. The molecule has 16 heavy (non-hydrogen) atoms. The third-order valence-electron chi connectivity index (χ3n) is 2.98. The van der Waals surface area contributed by atoms with E-state index in [2.05, 4.69) is 14.9 Å². The van der Waals surface area contributed by atoms with Crippen molar-refractivity contribution in [3.8, 4) is 0 Å². The van der Waals surface area contributed by atoms with Crippen molar-refractivity contribution in [1.29, 1.82) is 0 Å². The van der Waals surface area contributed by atoms with Gasteiger partial charge in [-0.25, -0.2) is 4.98 Å². The average molecular weight is 242 g/mol. The van der Waals surface area contributed by atoms with Crippen LogP contribution >= 0.6 is 11.6 Å². The third kappa shape index (κ3) is 2.83. The fraction of sp³-hybridized carbons (Fsp3) is 0.636. The smallest absolute Gasteiger partial charge is 0.149 e. The van der Waals surface area contributed by atoms with E-state index in [0.29, 0.717) is 5.15 Å².